The molecule has 1 atom stereocenters. The Labute approximate surface area is 194 Å². The zero-order valence-electron chi connectivity index (χ0n) is 19.5. The SMILES string of the molecule is CC(C)(C)c1ccc(C2/C(=C(\O)c3ccc(F)cc3)C(=O)C(=O)N2CCN2CCCC2)cc1. The van der Waals surface area contributed by atoms with Crippen molar-refractivity contribution in [1.82, 2.24) is 9.80 Å². The van der Waals surface area contributed by atoms with Crippen LogP contribution in [0.15, 0.2) is 54.1 Å². The number of carbonyl (C=O) groups excluding carboxylic acids is 2. The van der Waals surface area contributed by atoms with Gasteiger partial charge in [0.25, 0.3) is 11.7 Å². The molecule has 1 N–H and O–H groups in total. The van der Waals surface area contributed by atoms with Crippen molar-refractivity contribution in [2.75, 3.05) is 26.2 Å². The molecule has 5 nitrogen and oxygen atoms in total. The van der Waals surface area contributed by atoms with Gasteiger partial charge < -0.3 is 14.9 Å². The van der Waals surface area contributed by atoms with Gasteiger partial charge in [0.1, 0.15) is 11.6 Å². The van der Waals surface area contributed by atoms with Crippen molar-refractivity contribution < 1.29 is 19.1 Å². The fourth-order valence-corrected chi connectivity index (χ4v) is 4.64. The third-order valence-electron chi connectivity index (χ3n) is 6.61. The number of hydrogen-bond acceptors (Lipinski definition) is 4. The maximum absolute atomic E-state index is 13.4. The third-order valence-corrected chi connectivity index (χ3v) is 6.61. The standard InChI is InChI=1S/C27H31FN2O3/c1-27(2,3)20-10-6-18(7-11-20)23-22(24(31)19-8-12-21(28)13-9-19)25(32)26(33)30(23)17-16-29-14-4-5-15-29/h6-13,23,31H,4-5,14-17H2,1-3H3/b24-22+. The highest BCUT2D eigenvalue weighted by Crippen LogP contribution is 2.40. The number of aliphatic hydroxyl groups is 1. The summed E-state index contributed by atoms with van der Waals surface area (Å²) in [7, 11) is 0. The van der Waals surface area contributed by atoms with Crippen molar-refractivity contribution in [3.05, 3.63) is 76.6 Å². The van der Waals surface area contributed by atoms with Crippen LogP contribution in [-0.2, 0) is 15.0 Å². The molecular formula is C27H31FN2O3. The second-order valence-electron chi connectivity index (χ2n) is 9.92. The molecule has 0 saturated carbocycles. The zero-order valence-corrected chi connectivity index (χ0v) is 19.5. The summed E-state index contributed by atoms with van der Waals surface area (Å²) in [5.41, 5.74) is 2.23. The predicted molar refractivity (Wildman–Crippen MR) is 126 cm³/mol. The van der Waals surface area contributed by atoms with Crippen molar-refractivity contribution in [3.8, 4) is 0 Å². The highest BCUT2D eigenvalue weighted by molar-refractivity contribution is 6.46. The van der Waals surface area contributed by atoms with E-state index in [0.717, 1.165) is 37.1 Å². The fraction of sp³-hybridized carbons (Fsp3) is 0.407. The van der Waals surface area contributed by atoms with Gasteiger partial charge in [0.15, 0.2) is 0 Å². The van der Waals surface area contributed by atoms with E-state index >= 15 is 0 Å². The first-order valence-corrected chi connectivity index (χ1v) is 11.5. The van der Waals surface area contributed by atoms with Crippen molar-refractivity contribution in [2.24, 2.45) is 0 Å². The van der Waals surface area contributed by atoms with Gasteiger partial charge in [-0.05, 0) is 66.7 Å². The van der Waals surface area contributed by atoms with Gasteiger partial charge in [0, 0.05) is 18.7 Å². The summed E-state index contributed by atoms with van der Waals surface area (Å²) in [4.78, 5) is 30.0. The molecule has 6 heteroatoms. The number of rotatable bonds is 5. The van der Waals surface area contributed by atoms with Gasteiger partial charge in [-0.15, -0.1) is 0 Å². The second kappa shape index (κ2) is 9.10. The summed E-state index contributed by atoms with van der Waals surface area (Å²) in [5.74, 6) is -2.03. The number of Topliss-reactive ketones (excluding diaryl/α,β-unsaturated/α-hetero) is 1. The number of carbonyl (C=O) groups is 2. The molecule has 2 saturated heterocycles. The molecule has 33 heavy (non-hydrogen) atoms. The summed E-state index contributed by atoms with van der Waals surface area (Å²) in [6.45, 7) is 9.43. The van der Waals surface area contributed by atoms with E-state index in [4.69, 9.17) is 0 Å². The van der Waals surface area contributed by atoms with Crippen LogP contribution < -0.4 is 0 Å². The Morgan fingerprint density at radius 1 is 0.970 bits per heavy atom. The zero-order chi connectivity index (χ0) is 23.8. The van der Waals surface area contributed by atoms with Crippen LogP contribution >= 0.6 is 0 Å². The van der Waals surface area contributed by atoms with E-state index < -0.39 is 23.5 Å². The number of ketones is 1. The number of likely N-dealkylation sites (tertiary alicyclic amines) is 2. The number of amides is 1. The summed E-state index contributed by atoms with van der Waals surface area (Å²) in [5, 5.41) is 11.1. The quantitative estimate of drug-likeness (QED) is 0.410. The first-order chi connectivity index (χ1) is 15.7. The Hall–Kier alpha value is -2.99. The van der Waals surface area contributed by atoms with E-state index in [2.05, 4.69) is 25.7 Å². The Morgan fingerprint density at radius 2 is 1.58 bits per heavy atom. The van der Waals surface area contributed by atoms with Crippen LogP contribution in [0.1, 0.15) is 56.3 Å². The summed E-state index contributed by atoms with van der Waals surface area (Å²) < 4.78 is 13.4. The normalized spacial score (nSPS) is 21.2. The number of halogens is 1. The van der Waals surface area contributed by atoms with Crippen LogP contribution in [0, 0.1) is 5.82 Å². The van der Waals surface area contributed by atoms with Crippen LogP contribution in [0.2, 0.25) is 0 Å². The minimum absolute atomic E-state index is 0.0375. The summed E-state index contributed by atoms with van der Waals surface area (Å²) in [6, 6.07) is 12.5. The number of aliphatic hydroxyl groups excluding tert-OH is 1. The van der Waals surface area contributed by atoms with Gasteiger partial charge in [-0.3, -0.25) is 9.59 Å². The Morgan fingerprint density at radius 3 is 2.15 bits per heavy atom. The lowest BCUT2D eigenvalue weighted by Crippen LogP contribution is -2.37. The lowest BCUT2D eigenvalue weighted by Gasteiger charge is -2.28. The van der Waals surface area contributed by atoms with Crippen LogP contribution in [0.25, 0.3) is 5.76 Å². The van der Waals surface area contributed by atoms with Crippen molar-refractivity contribution >= 4 is 17.4 Å². The molecule has 0 aliphatic carbocycles. The first-order valence-electron chi connectivity index (χ1n) is 11.5. The minimum Gasteiger partial charge on any atom is -0.507 e. The van der Waals surface area contributed by atoms with Gasteiger partial charge >= 0.3 is 0 Å². The molecule has 0 aromatic heterocycles. The lowest BCUT2D eigenvalue weighted by molar-refractivity contribution is -0.140. The first kappa shape index (κ1) is 23.2. The van der Waals surface area contributed by atoms with Crippen molar-refractivity contribution in [1.29, 1.82) is 0 Å². The third kappa shape index (κ3) is 4.71. The van der Waals surface area contributed by atoms with Gasteiger partial charge in [-0.1, -0.05) is 45.0 Å². The molecule has 2 aromatic rings. The second-order valence-corrected chi connectivity index (χ2v) is 9.92. The van der Waals surface area contributed by atoms with Gasteiger partial charge in [0.2, 0.25) is 0 Å². The van der Waals surface area contributed by atoms with Gasteiger partial charge in [-0.2, -0.15) is 0 Å². The minimum atomic E-state index is -0.705. The van der Waals surface area contributed by atoms with E-state index in [1.165, 1.54) is 24.3 Å². The van der Waals surface area contributed by atoms with Crippen molar-refractivity contribution in [3.63, 3.8) is 0 Å². The molecule has 2 aliphatic rings. The van der Waals surface area contributed by atoms with Crippen LogP contribution in [0.3, 0.4) is 0 Å². The molecule has 174 valence electrons. The molecule has 4 rings (SSSR count). The Bertz CT molecular complexity index is 1060. The molecule has 0 spiro atoms. The van der Waals surface area contributed by atoms with Crippen molar-refractivity contribution in [2.45, 2.75) is 45.1 Å². The van der Waals surface area contributed by atoms with Crippen LogP contribution in [-0.4, -0.2) is 52.8 Å². The monoisotopic (exact) mass is 450 g/mol. The predicted octanol–water partition coefficient (Wildman–Crippen LogP) is 4.64. The van der Waals surface area contributed by atoms with E-state index in [1.54, 1.807) is 4.90 Å². The molecule has 2 fully saturated rings. The van der Waals surface area contributed by atoms with Crippen LogP contribution in [0.5, 0.6) is 0 Å². The number of benzene rings is 2. The summed E-state index contributed by atoms with van der Waals surface area (Å²) >= 11 is 0. The molecule has 0 radical (unpaired) electrons. The maximum atomic E-state index is 13.4. The van der Waals surface area contributed by atoms with E-state index in [1.807, 2.05) is 24.3 Å². The highest BCUT2D eigenvalue weighted by Gasteiger charge is 2.46. The maximum Gasteiger partial charge on any atom is 0.295 e. The van der Waals surface area contributed by atoms with E-state index in [0.29, 0.717) is 18.7 Å². The topological polar surface area (TPSA) is 60.9 Å². The molecule has 2 aliphatic heterocycles. The molecule has 1 unspecified atom stereocenters. The number of nitrogens with zero attached hydrogens (tertiary/aromatic N) is 2. The summed E-state index contributed by atoms with van der Waals surface area (Å²) in [6.07, 6.45) is 2.28. The average molecular weight is 451 g/mol. The average Bonchev–Trinajstić information content (AvgIpc) is 3.39. The van der Waals surface area contributed by atoms with E-state index in [-0.39, 0.29) is 16.7 Å². The lowest BCUT2D eigenvalue weighted by atomic mass is 9.85. The molecule has 0 bridgehead atoms. The smallest absolute Gasteiger partial charge is 0.295 e. The fourth-order valence-electron chi connectivity index (χ4n) is 4.64. The molecule has 2 heterocycles. The Balaban J connectivity index is 1.76. The Kier molecular flexibility index (Phi) is 6.39. The molecular weight excluding hydrogens is 419 g/mol. The van der Waals surface area contributed by atoms with Gasteiger partial charge in [-0.25, -0.2) is 4.39 Å². The molecule has 1 amide bonds. The largest absolute Gasteiger partial charge is 0.507 e. The van der Waals surface area contributed by atoms with E-state index in [9.17, 15) is 19.1 Å². The number of hydrogen-bond donors (Lipinski definition) is 1. The molecule has 2 aromatic carbocycles. The van der Waals surface area contributed by atoms with Crippen LogP contribution in [0.4, 0.5) is 4.39 Å². The highest BCUT2D eigenvalue weighted by atomic mass is 19.1. The van der Waals surface area contributed by atoms with Gasteiger partial charge in [0.05, 0.1) is 11.6 Å².